The van der Waals surface area contributed by atoms with Gasteiger partial charge >= 0.3 is 0 Å². The molecule has 2 aliphatic heterocycles. The molecule has 0 aromatic carbocycles. The van der Waals surface area contributed by atoms with Gasteiger partial charge in [0.15, 0.2) is 5.96 Å². The molecule has 2 N–H and O–H groups in total. The average molecular weight is 298 g/mol. The van der Waals surface area contributed by atoms with Crippen molar-refractivity contribution in [1.82, 2.24) is 15.5 Å². The molecule has 4 nitrogen and oxygen atoms in total. The van der Waals surface area contributed by atoms with Gasteiger partial charge in [-0.15, -0.1) is 0 Å². The van der Waals surface area contributed by atoms with Crippen molar-refractivity contribution < 1.29 is 0 Å². The molecule has 0 aromatic heterocycles. The van der Waals surface area contributed by atoms with Gasteiger partial charge < -0.3 is 15.5 Å². The van der Waals surface area contributed by atoms with Crippen molar-refractivity contribution >= 4 is 17.7 Å². The first-order valence-electron chi connectivity index (χ1n) is 8.10. The zero-order valence-electron chi connectivity index (χ0n) is 13.0. The minimum absolute atomic E-state index is 0.778. The van der Waals surface area contributed by atoms with E-state index in [4.69, 9.17) is 0 Å². The van der Waals surface area contributed by atoms with E-state index >= 15 is 0 Å². The van der Waals surface area contributed by atoms with Crippen molar-refractivity contribution in [2.75, 3.05) is 45.5 Å². The monoisotopic (exact) mass is 298 g/mol. The molecule has 2 saturated heterocycles. The second-order valence-corrected chi connectivity index (χ2v) is 7.33. The minimum atomic E-state index is 0.778. The van der Waals surface area contributed by atoms with Crippen LogP contribution < -0.4 is 10.6 Å². The summed E-state index contributed by atoms with van der Waals surface area (Å²) in [5, 5.41) is 7.75. The summed E-state index contributed by atoms with van der Waals surface area (Å²) in [6.07, 6.45) is 5.31. The molecular weight excluding hydrogens is 268 g/mol. The maximum atomic E-state index is 4.34. The standard InChI is InChI=1S/C15H30N4S/c1-3-7-19-8-6-13(12-19)10-17-15(16-2)18-11-14-5-4-9-20-14/h13-14H,3-12H2,1-2H3,(H2,16,17,18). The highest BCUT2D eigenvalue weighted by Crippen LogP contribution is 2.25. The van der Waals surface area contributed by atoms with Crippen LogP contribution in [0.5, 0.6) is 0 Å². The van der Waals surface area contributed by atoms with E-state index in [-0.39, 0.29) is 0 Å². The third kappa shape index (κ3) is 5.17. The fourth-order valence-electron chi connectivity index (χ4n) is 3.08. The molecule has 0 aromatic rings. The molecule has 0 bridgehead atoms. The average Bonchev–Trinajstić information content (AvgIpc) is 3.11. The van der Waals surface area contributed by atoms with Crippen LogP contribution in [0.4, 0.5) is 0 Å². The number of rotatable bonds is 6. The van der Waals surface area contributed by atoms with Gasteiger partial charge in [0, 0.05) is 31.9 Å². The van der Waals surface area contributed by atoms with Crippen LogP contribution in [0.1, 0.15) is 32.6 Å². The van der Waals surface area contributed by atoms with Gasteiger partial charge in [0.1, 0.15) is 0 Å². The summed E-state index contributed by atoms with van der Waals surface area (Å²) in [6, 6.07) is 0. The van der Waals surface area contributed by atoms with Crippen LogP contribution in [-0.2, 0) is 0 Å². The lowest BCUT2D eigenvalue weighted by Crippen LogP contribution is -2.42. The molecule has 2 aliphatic rings. The largest absolute Gasteiger partial charge is 0.356 e. The van der Waals surface area contributed by atoms with E-state index in [0.29, 0.717) is 0 Å². The minimum Gasteiger partial charge on any atom is -0.356 e. The number of guanidine groups is 1. The van der Waals surface area contributed by atoms with Gasteiger partial charge in [-0.3, -0.25) is 4.99 Å². The van der Waals surface area contributed by atoms with Crippen LogP contribution in [0, 0.1) is 5.92 Å². The Kier molecular flexibility index (Phi) is 7.00. The summed E-state index contributed by atoms with van der Waals surface area (Å²) in [6.45, 7) is 8.14. The van der Waals surface area contributed by atoms with E-state index in [1.54, 1.807) is 0 Å². The zero-order chi connectivity index (χ0) is 14.2. The molecule has 116 valence electrons. The third-order valence-electron chi connectivity index (χ3n) is 4.21. The lowest BCUT2D eigenvalue weighted by atomic mass is 10.1. The van der Waals surface area contributed by atoms with Gasteiger partial charge in [-0.25, -0.2) is 0 Å². The Labute approximate surface area is 128 Å². The van der Waals surface area contributed by atoms with Gasteiger partial charge in [0.2, 0.25) is 0 Å². The van der Waals surface area contributed by atoms with Crippen LogP contribution in [0.15, 0.2) is 4.99 Å². The van der Waals surface area contributed by atoms with Crippen molar-refractivity contribution in [2.45, 2.75) is 37.9 Å². The highest BCUT2D eigenvalue weighted by molar-refractivity contribution is 8.00. The van der Waals surface area contributed by atoms with Crippen molar-refractivity contribution in [3.05, 3.63) is 0 Å². The molecule has 2 heterocycles. The summed E-state index contributed by atoms with van der Waals surface area (Å²) < 4.78 is 0. The molecule has 2 unspecified atom stereocenters. The molecule has 0 saturated carbocycles. The van der Waals surface area contributed by atoms with Gasteiger partial charge in [-0.1, -0.05) is 6.92 Å². The normalized spacial score (nSPS) is 28.0. The third-order valence-corrected chi connectivity index (χ3v) is 5.61. The molecular formula is C15H30N4S. The maximum Gasteiger partial charge on any atom is 0.191 e. The summed E-state index contributed by atoms with van der Waals surface area (Å²) in [5.41, 5.74) is 0. The molecule has 20 heavy (non-hydrogen) atoms. The summed E-state index contributed by atoms with van der Waals surface area (Å²) in [7, 11) is 1.87. The first kappa shape index (κ1) is 16.0. The Hall–Kier alpha value is -0.420. The predicted molar refractivity (Wildman–Crippen MR) is 89.7 cm³/mol. The number of nitrogens with one attached hydrogen (secondary N) is 2. The summed E-state index contributed by atoms with van der Waals surface area (Å²) >= 11 is 2.09. The van der Waals surface area contributed by atoms with E-state index in [0.717, 1.165) is 30.2 Å². The number of thioether (sulfide) groups is 1. The molecule has 0 radical (unpaired) electrons. The van der Waals surface area contributed by atoms with Gasteiger partial charge in [-0.2, -0.15) is 11.8 Å². The molecule has 0 spiro atoms. The number of hydrogen-bond acceptors (Lipinski definition) is 3. The second-order valence-electron chi connectivity index (χ2n) is 5.92. The lowest BCUT2D eigenvalue weighted by Gasteiger charge is -2.18. The Morgan fingerprint density at radius 2 is 2.15 bits per heavy atom. The van der Waals surface area contributed by atoms with Gasteiger partial charge in [0.05, 0.1) is 0 Å². The van der Waals surface area contributed by atoms with E-state index in [1.807, 2.05) is 7.05 Å². The maximum absolute atomic E-state index is 4.34. The van der Waals surface area contributed by atoms with Crippen LogP contribution in [0.3, 0.4) is 0 Å². The Balaban J connectivity index is 1.61. The van der Waals surface area contributed by atoms with E-state index < -0.39 is 0 Å². The molecule has 0 aliphatic carbocycles. The Morgan fingerprint density at radius 1 is 1.30 bits per heavy atom. The van der Waals surface area contributed by atoms with Crippen molar-refractivity contribution in [2.24, 2.45) is 10.9 Å². The van der Waals surface area contributed by atoms with Crippen LogP contribution in [0.25, 0.3) is 0 Å². The second kappa shape index (κ2) is 8.78. The smallest absolute Gasteiger partial charge is 0.191 e. The first-order chi connectivity index (χ1) is 9.81. The Morgan fingerprint density at radius 3 is 2.85 bits per heavy atom. The highest BCUT2D eigenvalue weighted by atomic mass is 32.2. The highest BCUT2D eigenvalue weighted by Gasteiger charge is 2.22. The number of nitrogens with zero attached hydrogens (tertiary/aromatic N) is 2. The molecule has 2 atom stereocenters. The van der Waals surface area contributed by atoms with Crippen LogP contribution in [0.2, 0.25) is 0 Å². The zero-order valence-corrected chi connectivity index (χ0v) is 13.8. The van der Waals surface area contributed by atoms with Crippen molar-refractivity contribution in [3.8, 4) is 0 Å². The molecule has 2 rings (SSSR count). The van der Waals surface area contributed by atoms with Crippen molar-refractivity contribution in [1.29, 1.82) is 0 Å². The molecule has 0 amide bonds. The topological polar surface area (TPSA) is 39.7 Å². The Bertz CT molecular complexity index is 302. The molecule has 5 heteroatoms. The number of hydrogen-bond donors (Lipinski definition) is 2. The van der Waals surface area contributed by atoms with Crippen LogP contribution in [-0.4, -0.2) is 61.6 Å². The van der Waals surface area contributed by atoms with Gasteiger partial charge in [-0.05, 0) is 50.4 Å². The summed E-state index contributed by atoms with van der Waals surface area (Å²) in [4.78, 5) is 6.92. The molecule has 2 fully saturated rings. The number of likely N-dealkylation sites (tertiary alicyclic amines) is 1. The fourth-order valence-corrected chi connectivity index (χ4v) is 4.28. The number of aliphatic imine (C=N–C) groups is 1. The van der Waals surface area contributed by atoms with Gasteiger partial charge in [0.25, 0.3) is 0 Å². The quantitative estimate of drug-likeness (QED) is 0.579. The fraction of sp³-hybridized carbons (Fsp3) is 0.933. The van der Waals surface area contributed by atoms with E-state index in [2.05, 4.69) is 39.2 Å². The summed E-state index contributed by atoms with van der Waals surface area (Å²) in [5.74, 6) is 3.08. The first-order valence-corrected chi connectivity index (χ1v) is 9.15. The van der Waals surface area contributed by atoms with Crippen LogP contribution >= 0.6 is 11.8 Å². The SMILES string of the molecule is CCCN1CCC(CNC(=NC)NCC2CCCS2)C1. The van der Waals surface area contributed by atoms with Crippen molar-refractivity contribution in [3.63, 3.8) is 0 Å². The lowest BCUT2D eigenvalue weighted by molar-refractivity contribution is 0.324. The van der Waals surface area contributed by atoms with E-state index in [9.17, 15) is 0 Å². The predicted octanol–water partition coefficient (Wildman–Crippen LogP) is 1.78. The van der Waals surface area contributed by atoms with E-state index in [1.165, 1.54) is 51.1 Å².